The van der Waals surface area contributed by atoms with Crippen molar-refractivity contribution in [2.45, 2.75) is 25.7 Å². The second-order valence-corrected chi connectivity index (χ2v) is 6.24. The summed E-state index contributed by atoms with van der Waals surface area (Å²) in [7, 11) is 0. The smallest absolute Gasteiger partial charge is 0.295 e. The van der Waals surface area contributed by atoms with Gasteiger partial charge in [-0.05, 0) is 43.1 Å². The van der Waals surface area contributed by atoms with E-state index in [2.05, 4.69) is 10.3 Å². The van der Waals surface area contributed by atoms with E-state index in [-0.39, 0.29) is 5.69 Å². The lowest BCUT2D eigenvalue weighted by Gasteiger charge is -2.21. The third-order valence-corrected chi connectivity index (χ3v) is 4.98. The molecule has 2 saturated carbocycles. The standard InChI is InChI=1S/C15H17N3O3/c19-18(20)12-3-4-13-14(7-12)21-15(17-13)16-8-11-6-9-1-2-10(11)5-9/h3-4,7,9-11H,1-2,5-6,8H2,(H,16,17). The molecule has 21 heavy (non-hydrogen) atoms. The molecule has 2 fully saturated rings. The number of hydrogen-bond acceptors (Lipinski definition) is 5. The minimum atomic E-state index is -0.426. The van der Waals surface area contributed by atoms with Crippen molar-refractivity contribution in [1.82, 2.24) is 4.98 Å². The van der Waals surface area contributed by atoms with Gasteiger partial charge in [-0.25, -0.2) is 0 Å². The quantitative estimate of drug-likeness (QED) is 0.686. The van der Waals surface area contributed by atoms with E-state index in [1.807, 2.05) is 0 Å². The molecule has 6 heteroatoms. The van der Waals surface area contributed by atoms with Crippen molar-refractivity contribution < 1.29 is 9.34 Å². The van der Waals surface area contributed by atoms with E-state index in [9.17, 15) is 10.1 Å². The second kappa shape index (κ2) is 4.72. The zero-order chi connectivity index (χ0) is 14.4. The van der Waals surface area contributed by atoms with Crippen LogP contribution in [0.15, 0.2) is 22.6 Å². The van der Waals surface area contributed by atoms with Gasteiger partial charge in [-0.3, -0.25) is 10.1 Å². The second-order valence-electron chi connectivity index (χ2n) is 6.24. The SMILES string of the molecule is O=[N+]([O-])c1ccc2nc(NCC3CC4CCC3C4)oc2c1. The lowest BCUT2D eigenvalue weighted by Crippen LogP contribution is -2.20. The van der Waals surface area contributed by atoms with Crippen LogP contribution in [0.2, 0.25) is 0 Å². The summed E-state index contributed by atoms with van der Waals surface area (Å²) >= 11 is 0. The number of anilines is 1. The average molecular weight is 287 g/mol. The molecule has 0 amide bonds. The zero-order valence-corrected chi connectivity index (χ0v) is 11.6. The van der Waals surface area contributed by atoms with Crippen molar-refractivity contribution in [3.8, 4) is 0 Å². The summed E-state index contributed by atoms with van der Waals surface area (Å²) in [6.07, 6.45) is 5.44. The maximum absolute atomic E-state index is 10.8. The van der Waals surface area contributed by atoms with Gasteiger partial charge in [0.05, 0.1) is 11.0 Å². The first-order valence-electron chi connectivity index (χ1n) is 7.48. The Bertz CT molecular complexity index is 697. The fraction of sp³-hybridized carbons (Fsp3) is 0.533. The molecule has 2 aromatic rings. The van der Waals surface area contributed by atoms with Crippen molar-refractivity contribution in [2.75, 3.05) is 11.9 Å². The van der Waals surface area contributed by atoms with Crippen molar-refractivity contribution in [3.05, 3.63) is 28.3 Å². The number of fused-ring (bicyclic) bond motifs is 3. The Kier molecular flexibility index (Phi) is 2.83. The molecule has 1 N–H and O–H groups in total. The molecule has 2 bridgehead atoms. The number of nitro groups is 1. The summed E-state index contributed by atoms with van der Waals surface area (Å²) < 4.78 is 5.57. The van der Waals surface area contributed by atoms with Gasteiger partial charge in [0.1, 0.15) is 5.52 Å². The number of nitrogens with one attached hydrogen (secondary N) is 1. The first-order valence-corrected chi connectivity index (χ1v) is 7.48. The Morgan fingerprint density at radius 2 is 2.29 bits per heavy atom. The van der Waals surface area contributed by atoms with E-state index in [1.54, 1.807) is 6.07 Å². The molecular weight excluding hydrogens is 270 g/mol. The van der Waals surface area contributed by atoms with Crippen LogP contribution >= 0.6 is 0 Å². The summed E-state index contributed by atoms with van der Waals surface area (Å²) in [6.45, 7) is 0.885. The minimum Gasteiger partial charge on any atom is -0.423 e. The highest BCUT2D eigenvalue weighted by Crippen LogP contribution is 2.48. The molecule has 2 aliphatic carbocycles. The molecule has 0 aliphatic heterocycles. The number of aromatic nitrogens is 1. The molecule has 1 aromatic heterocycles. The van der Waals surface area contributed by atoms with Gasteiger partial charge >= 0.3 is 0 Å². The average Bonchev–Trinajstić information content (AvgIpc) is 3.18. The van der Waals surface area contributed by atoms with Gasteiger partial charge in [0.2, 0.25) is 0 Å². The lowest BCUT2D eigenvalue weighted by atomic mass is 9.89. The number of oxazole rings is 1. The molecule has 1 heterocycles. The van der Waals surface area contributed by atoms with Crippen molar-refractivity contribution >= 4 is 22.8 Å². The summed E-state index contributed by atoms with van der Waals surface area (Å²) in [5, 5.41) is 14.0. The summed E-state index contributed by atoms with van der Waals surface area (Å²) in [6, 6.07) is 4.96. The van der Waals surface area contributed by atoms with Crippen LogP contribution in [0.25, 0.3) is 11.1 Å². The van der Waals surface area contributed by atoms with Crippen LogP contribution in [0.4, 0.5) is 11.7 Å². The normalized spacial score (nSPS) is 27.3. The van der Waals surface area contributed by atoms with Gasteiger partial charge in [0.25, 0.3) is 11.7 Å². The number of nitrogens with zero attached hydrogens (tertiary/aromatic N) is 2. The van der Waals surface area contributed by atoms with Crippen molar-refractivity contribution in [1.29, 1.82) is 0 Å². The highest BCUT2D eigenvalue weighted by atomic mass is 16.6. The summed E-state index contributed by atoms with van der Waals surface area (Å²) in [5.74, 6) is 2.49. The molecule has 0 saturated heterocycles. The van der Waals surface area contributed by atoms with E-state index >= 15 is 0 Å². The number of hydrogen-bond donors (Lipinski definition) is 1. The van der Waals surface area contributed by atoms with Crippen LogP contribution in [-0.4, -0.2) is 16.5 Å². The molecule has 4 rings (SSSR count). The van der Waals surface area contributed by atoms with Crippen LogP contribution < -0.4 is 5.32 Å². The van der Waals surface area contributed by atoms with Crippen LogP contribution in [0, 0.1) is 27.9 Å². The Balaban J connectivity index is 1.48. The van der Waals surface area contributed by atoms with Gasteiger partial charge in [0, 0.05) is 12.6 Å². The molecule has 1 aromatic carbocycles. The Hall–Kier alpha value is -2.11. The van der Waals surface area contributed by atoms with Crippen LogP contribution in [0.5, 0.6) is 0 Å². The van der Waals surface area contributed by atoms with Gasteiger partial charge in [0.15, 0.2) is 5.58 Å². The molecule has 0 radical (unpaired) electrons. The molecule has 3 atom stereocenters. The molecule has 0 spiro atoms. The van der Waals surface area contributed by atoms with Gasteiger partial charge in [-0.1, -0.05) is 6.42 Å². The van der Waals surface area contributed by atoms with E-state index < -0.39 is 4.92 Å². The Morgan fingerprint density at radius 1 is 1.38 bits per heavy atom. The van der Waals surface area contributed by atoms with Gasteiger partial charge in [-0.15, -0.1) is 0 Å². The van der Waals surface area contributed by atoms with Crippen LogP contribution in [0.1, 0.15) is 25.7 Å². The first kappa shape index (κ1) is 12.6. The third-order valence-electron chi connectivity index (χ3n) is 4.98. The summed E-state index contributed by atoms with van der Waals surface area (Å²) in [5.41, 5.74) is 1.13. The first-order chi connectivity index (χ1) is 10.2. The fourth-order valence-electron chi connectivity index (χ4n) is 3.95. The highest BCUT2D eigenvalue weighted by molar-refractivity contribution is 5.77. The molecule has 3 unspecified atom stereocenters. The van der Waals surface area contributed by atoms with Crippen molar-refractivity contribution in [3.63, 3.8) is 0 Å². The lowest BCUT2D eigenvalue weighted by molar-refractivity contribution is -0.384. The van der Waals surface area contributed by atoms with Crippen LogP contribution in [-0.2, 0) is 0 Å². The predicted molar refractivity (Wildman–Crippen MR) is 78.1 cm³/mol. The van der Waals surface area contributed by atoms with E-state index in [1.165, 1.54) is 37.8 Å². The van der Waals surface area contributed by atoms with E-state index in [0.717, 1.165) is 18.4 Å². The van der Waals surface area contributed by atoms with Crippen molar-refractivity contribution in [2.24, 2.45) is 17.8 Å². The Morgan fingerprint density at radius 3 is 3.00 bits per heavy atom. The third kappa shape index (κ3) is 2.24. The molecule has 110 valence electrons. The topological polar surface area (TPSA) is 81.2 Å². The summed E-state index contributed by atoms with van der Waals surface area (Å²) in [4.78, 5) is 14.7. The fourth-order valence-corrected chi connectivity index (χ4v) is 3.95. The number of benzene rings is 1. The highest BCUT2D eigenvalue weighted by Gasteiger charge is 2.39. The van der Waals surface area contributed by atoms with Gasteiger partial charge < -0.3 is 9.73 Å². The molecule has 6 nitrogen and oxygen atoms in total. The van der Waals surface area contributed by atoms with E-state index in [0.29, 0.717) is 23.0 Å². The number of rotatable bonds is 4. The Labute approximate surface area is 121 Å². The number of nitro benzene ring substituents is 1. The zero-order valence-electron chi connectivity index (χ0n) is 11.6. The maximum atomic E-state index is 10.8. The number of non-ortho nitro benzene ring substituents is 1. The minimum absolute atomic E-state index is 0.0262. The van der Waals surface area contributed by atoms with E-state index in [4.69, 9.17) is 4.42 Å². The van der Waals surface area contributed by atoms with Crippen LogP contribution in [0.3, 0.4) is 0 Å². The maximum Gasteiger partial charge on any atom is 0.295 e. The molecular formula is C15H17N3O3. The monoisotopic (exact) mass is 287 g/mol. The largest absolute Gasteiger partial charge is 0.423 e. The van der Waals surface area contributed by atoms with Gasteiger partial charge in [-0.2, -0.15) is 4.98 Å². The molecule has 2 aliphatic rings. The predicted octanol–water partition coefficient (Wildman–Crippen LogP) is 3.58.